The quantitative estimate of drug-likeness (QED) is 0.513. The zero-order valence-electron chi connectivity index (χ0n) is 16.7. The Morgan fingerprint density at radius 2 is 2.10 bits per heavy atom. The number of nitrogens with one attached hydrogen (secondary N) is 1. The minimum absolute atomic E-state index is 0.0414. The standard InChI is InChI=1S/C21H22ClFN4O2S/c1-28-19-10-18-15(9-20(19)29-14-4-3-7-27(11-14)30-2)21(25-12-24-18)26-13-5-6-17(23)16(22)8-13/h5-6,8-10,12,14H,3-4,7,11H2,1-2H3,(H,24,25,26). The summed E-state index contributed by atoms with van der Waals surface area (Å²) in [6.45, 7) is 1.92. The second-order valence-corrected chi connectivity index (χ2v) is 8.24. The Bertz CT molecular complexity index is 1050. The number of ether oxygens (including phenoxy) is 2. The molecule has 3 aromatic rings. The van der Waals surface area contributed by atoms with Crippen LogP contribution in [0.2, 0.25) is 5.02 Å². The van der Waals surface area contributed by atoms with Crippen molar-refractivity contribution < 1.29 is 13.9 Å². The smallest absolute Gasteiger partial charge is 0.162 e. The summed E-state index contributed by atoms with van der Waals surface area (Å²) in [5.74, 6) is 1.37. The molecule has 30 heavy (non-hydrogen) atoms. The number of halogens is 2. The van der Waals surface area contributed by atoms with Crippen molar-refractivity contribution in [1.29, 1.82) is 0 Å². The molecule has 0 spiro atoms. The van der Waals surface area contributed by atoms with Gasteiger partial charge in [0.2, 0.25) is 0 Å². The van der Waals surface area contributed by atoms with Crippen molar-refractivity contribution in [2.45, 2.75) is 18.9 Å². The summed E-state index contributed by atoms with van der Waals surface area (Å²) in [7, 11) is 1.62. The molecule has 9 heteroatoms. The number of aromatic nitrogens is 2. The lowest BCUT2D eigenvalue weighted by Crippen LogP contribution is -2.37. The normalized spacial score (nSPS) is 17.1. The Kier molecular flexibility index (Phi) is 6.46. The van der Waals surface area contributed by atoms with Crippen LogP contribution in [0.15, 0.2) is 36.7 Å². The lowest BCUT2D eigenvalue weighted by Gasteiger charge is -2.31. The molecule has 2 heterocycles. The van der Waals surface area contributed by atoms with E-state index in [9.17, 15) is 4.39 Å². The average Bonchev–Trinajstić information content (AvgIpc) is 2.76. The summed E-state index contributed by atoms with van der Waals surface area (Å²) in [4.78, 5) is 8.71. The summed E-state index contributed by atoms with van der Waals surface area (Å²) in [6.07, 6.45) is 5.70. The van der Waals surface area contributed by atoms with Gasteiger partial charge in [0.15, 0.2) is 11.5 Å². The maximum atomic E-state index is 13.5. The van der Waals surface area contributed by atoms with E-state index in [-0.39, 0.29) is 11.1 Å². The maximum Gasteiger partial charge on any atom is 0.162 e. The second kappa shape index (κ2) is 9.24. The molecule has 0 radical (unpaired) electrons. The first-order chi connectivity index (χ1) is 14.6. The van der Waals surface area contributed by atoms with E-state index < -0.39 is 5.82 Å². The monoisotopic (exact) mass is 448 g/mol. The summed E-state index contributed by atoms with van der Waals surface area (Å²) < 4.78 is 27.7. The third-order valence-corrected chi connectivity index (χ3v) is 6.13. The highest BCUT2D eigenvalue weighted by atomic mass is 35.5. The van der Waals surface area contributed by atoms with Crippen LogP contribution in [0.1, 0.15) is 12.8 Å². The molecule has 1 aliphatic rings. The fourth-order valence-electron chi connectivity index (χ4n) is 3.47. The topological polar surface area (TPSA) is 59.5 Å². The Morgan fingerprint density at radius 1 is 1.23 bits per heavy atom. The van der Waals surface area contributed by atoms with E-state index in [1.807, 2.05) is 12.1 Å². The number of nitrogens with zero attached hydrogens (tertiary/aromatic N) is 3. The fraction of sp³-hybridized carbons (Fsp3) is 0.333. The molecule has 0 bridgehead atoms. The predicted molar refractivity (Wildman–Crippen MR) is 120 cm³/mol. The first kappa shape index (κ1) is 21.0. The molecule has 1 N–H and O–H groups in total. The van der Waals surface area contributed by atoms with Crippen molar-refractivity contribution in [2.24, 2.45) is 0 Å². The van der Waals surface area contributed by atoms with E-state index in [0.717, 1.165) is 31.3 Å². The van der Waals surface area contributed by atoms with Gasteiger partial charge in [-0.15, -0.1) is 0 Å². The van der Waals surface area contributed by atoms with Gasteiger partial charge in [0.05, 0.1) is 17.6 Å². The van der Waals surface area contributed by atoms with Crippen molar-refractivity contribution in [3.8, 4) is 11.5 Å². The number of benzene rings is 2. The number of methoxy groups -OCH3 is 1. The van der Waals surface area contributed by atoms with Crippen molar-refractivity contribution in [2.75, 3.05) is 31.8 Å². The van der Waals surface area contributed by atoms with Gasteiger partial charge in [0, 0.05) is 30.2 Å². The van der Waals surface area contributed by atoms with E-state index in [1.54, 1.807) is 25.1 Å². The highest BCUT2D eigenvalue weighted by Crippen LogP contribution is 2.36. The molecule has 1 unspecified atom stereocenters. The highest BCUT2D eigenvalue weighted by molar-refractivity contribution is 7.96. The largest absolute Gasteiger partial charge is 0.493 e. The van der Waals surface area contributed by atoms with Crippen LogP contribution < -0.4 is 14.8 Å². The molecular weight excluding hydrogens is 427 g/mol. The first-order valence-electron chi connectivity index (χ1n) is 9.58. The summed E-state index contributed by atoms with van der Waals surface area (Å²) >= 11 is 7.64. The number of hydrogen-bond acceptors (Lipinski definition) is 7. The molecule has 4 rings (SSSR count). The van der Waals surface area contributed by atoms with E-state index in [2.05, 4.69) is 25.8 Å². The molecule has 0 amide bonds. The number of fused-ring (bicyclic) bond motifs is 1. The molecule has 0 saturated carbocycles. The van der Waals surface area contributed by atoms with Crippen LogP contribution >= 0.6 is 23.5 Å². The average molecular weight is 449 g/mol. The van der Waals surface area contributed by atoms with Crippen molar-refractivity contribution in [3.05, 3.63) is 47.5 Å². The van der Waals surface area contributed by atoms with Crippen LogP contribution in [0, 0.1) is 5.82 Å². The fourth-order valence-corrected chi connectivity index (χ4v) is 4.28. The van der Waals surface area contributed by atoms with E-state index in [4.69, 9.17) is 21.1 Å². The number of rotatable bonds is 6. The Balaban J connectivity index is 1.67. The number of piperidine rings is 1. The van der Waals surface area contributed by atoms with Gasteiger partial charge in [-0.25, -0.2) is 18.7 Å². The van der Waals surface area contributed by atoms with Crippen LogP contribution in [0.5, 0.6) is 11.5 Å². The zero-order valence-corrected chi connectivity index (χ0v) is 18.3. The zero-order chi connectivity index (χ0) is 21.1. The van der Waals surface area contributed by atoms with Gasteiger partial charge in [0.25, 0.3) is 0 Å². The van der Waals surface area contributed by atoms with Crippen LogP contribution in [-0.4, -0.2) is 46.8 Å². The second-order valence-electron chi connectivity index (χ2n) is 6.95. The molecule has 1 saturated heterocycles. The van der Waals surface area contributed by atoms with Gasteiger partial charge in [0.1, 0.15) is 24.1 Å². The Labute approximate surface area is 183 Å². The molecule has 1 aromatic heterocycles. The third-order valence-electron chi connectivity index (χ3n) is 5.00. The van der Waals surface area contributed by atoms with E-state index in [0.29, 0.717) is 28.5 Å². The van der Waals surface area contributed by atoms with Crippen molar-refractivity contribution in [1.82, 2.24) is 14.3 Å². The summed E-state index contributed by atoms with van der Waals surface area (Å²) in [5.41, 5.74) is 1.34. The van der Waals surface area contributed by atoms with Gasteiger partial charge >= 0.3 is 0 Å². The van der Waals surface area contributed by atoms with Crippen LogP contribution in [0.3, 0.4) is 0 Å². The van der Waals surface area contributed by atoms with Gasteiger partial charge < -0.3 is 14.8 Å². The molecule has 1 fully saturated rings. The number of anilines is 2. The lowest BCUT2D eigenvalue weighted by atomic mass is 10.1. The third kappa shape index (κ3) is 4.55. The molecule has 6 nitrogen and oxygen atoms in total. The van der Waals surface area contributed by atoms with E-state index in [1.165, 1.54) is 18.5 Å². The minimum atomic E-state index is -0.470. The van der Waals surface area contributed by atoms with Gasteiger partial charge in [-0.3, -0.25) is 0 Å². The predicted octanol–water partition coefficient (Wildman–Crippen LogP) is 5.30. The summed E-state index contributed by atoms with van der Waals surface area (Å²) in [5, 5.41) is 4.00. The molecular formula is C21H22ClFN4O2S. The molecule has 158 valence electrons. The van der Waals surface area contributed by atoms with Crippen molar-refractivity contribution >= 4 is 46.0 Å². The molecule has 1 atom stereocenters. The van der Waals surface area contributed by atoms with Crippen LogP contribution in [0.25, 0.3) is 10.9 Å². The van der Waals surface area contributed by atoms with Gasteiger partial charge in [-0.05, 0) is 43.4 Å². The minimum Gasteiger partial charge on any atom is -0.493 e. The van der Waals surface area contributed by atoms with Crippen LogP contribution in [-0.2, 0) is 0 Å². The lowest BCUT2D eigenvalue weighted by molar-refractivity contribution is 0.131. The van der Waals surface area contributed by atoms with Gasteiger partial charge in [-0.2, -0.15) is 0 Å². The Hall–Kier alpha value is -2.29. The first-order valence-corrected chi connectivity index (χ1v) is 11.1. The SMILES string of the molecule is COc1cc2ncnc(Nc3ccc(F)c(Cl)c3)c2cc1OC1CCCN(SC)C1. The van der Waals surface area contributed by atoms with Crippen molar-refractivity contribution in [3.63, 3.8) is 0 Å². The maximum absolute atomic E-state index is 13.5. The Morgan fingerprint density at radius 3 is 2.87 bits per heavy atom. The van der Waals surface area contributed by atoms with E-state index >= 15 is 0 Å². The summed E-state index contributed by atoms with van der Waals surface area (Å²) in [6, 6.07) is 8.16. The van der Waals surface area contributed by atoms with Crippen LogP contribution in [0.4, 0.5) is 15.9 Å². The molecule has 1 aliphatic heterocycles. The highest BCUT2D eigenvalue weighted by Gasteiger charge is 2.23. The number of hydrogen-bond donors (Lipinski definition) is 1. The molecule has 0 aliphatic carbocycles. The molecule has 2 aromatic carbocycles. The van der Waals surface area contributed by atoms with Gasteiger partial charge in [-0.1, -0.05) is 23.5 Å².